The van der Waals surface area contributed by atoms with Crippen LogP contribution >= 0.6 is 11.6 Å². The van der Waals surface area contributed by atoms with Crippen LogP contribution in [0.15, 0.2) is 77.7 Å². The summed E-state index contributed by atoms with van der Waals surface area (Å²) in [6.45, 7) is 3.07. The van der Waals surface area contributed by atoms with E-state index in [4.69, 9.17) is 16.3 Å². The van der Waals surface area contributed by atoms with Crippen LogP contribution in [0.25, 0.3) is 0 Å². The molecule has 8 nitrogen and oxygen atoms in total. The van der Waals surface area contributed by atoms with Crippen molar-refractivity contribution in [2.75, 3.05) is 24.5 Å². The van der Waals surface area contributed by atoms with Gasteiger partial charge in [-0.05, 0) is 74.0 Å². The smallest absolute Gasteiger partial charge is 0.264 e. The van der Waals surface area contributed by atoms with E-state index in [0.717, 1.165) is 16.4 Å². The molecule has 0 aliphatic heterocycles. The van der Waals surface area contributed by atoms with E-state index in [-0.39, 0.29) is 17.1 Å². The van der Waals surface area contributed by atoms with Gasteiger partial charge >= 0.3 is 0 Å². The minimum absolute atomic E-state index is 0.0343. The zero-order chi connectivity index (χ0) is 27.9. The van der Waals surface area contributed by atoms with Crippen molar-refractivity contribution in [2.45, 2.75) is 31.3 Å². The van der Waals surface area contributed by atoms with Crippen molar-refractivity contribution < 1.29 is 27.1 Å². The van der Waals surface area contributed by atoms with E-state index in [2.05, 4.69) is 5.32 Å². The van der Waals surface area contributed by atoms with Crippen LogP contribution in [0.4, 0.5) is 10.1 Å². The minimum Gasteiger partial charge on any atom is -0.494 e. The number of amides is 2. The molecule has 3 aromatic carbocycles. The van der Waals surface area contributed by atoms with E-state index in [9.17, 15) is 22.4 Å². The minimum atomic E-state index is -4.28. The Morgan fingerprint density at radius 3 is 2.24 bits per heavy atom. The van der Waals surface area contributed by atoms with E-state index in [0.29, 0.717) is 22.9 Å². The van der Waals surface area contributed by atoms with E-state index in [1.165, 1.54) is 55.3 Å². The van der Waals surface area contributed by atoms with Gasteiger partial charge in [0.25, 0.3) is 10.0 Å². The molecule has 11 heteroatoms. The topological polar surface area (TPSA) is 96.0 Å². The molecule has 0 aromatic heterocycles. The molecule has 0 heterocycles. The first kappa shape index (κ1) is 28.9. The molecule has 1 unspecified atom stereocenters. The normalized spacial score (nSPS) is 11.9. The summed E-state index contributed by atoms with van der Waals surface area (Å²) < 4.78 is 47.4. The van der Waals surface area contributed by atoms with E-state index < -0.39 is 40.2 Å². The van der Waals surface area contributed by atoms with Gasteiger partial charge in [0.2, 0.25) is 11.8 Å². The fourth-order valence-corrected chi connectivity index (χ4v) is 5.35. The standard InChI is InChI=1S/C27H29ClFN3O5S/c1-4-37-23-13-15-24(16-14-23)38(35,36)32(22-11-9-21(29)10-12-22)18-26(33)31(19(2)27(34)30-3)17-20-7-5-6-8-25(20)28/h5-16,19H,4,17-18H2,1-3H3,(H,30,34). The number of anilines is 1. The summed E-state index contributed by atoms with van der Waals surface area (Å²) in [5, 5.41) is 2.91. The lowest BCUT2D eigenvalue weighted by Crippen LogP contribution is -2.50. The number of nitrogens with zero attached hydrogens (tertiary/aromatic N) is 2. The monoisotopic (exact) mass is 561 g/mol. The largest absolute Gasteiger partial charge is 0.494 e. The Labute approximate surface area is 227 Å². The Kier molecular flexibility index (Phi) is 9.71. The van der Waals surface area contributed by atoms with Crippen molar-refractivity contribution in [2.24, 2.45) is 0 Å². The van der Waals surface area contributed by atoms with Gasteiger partial charge in [0.1, 0.15) is 24.2 Å². The zero-order valence-corrected chi connectivity index (χ0v) is 22.8. The summed E-state index contributed by atoms with van der Waals surface area (Å²) in [6.07, 6.45) is 0. The molecule has 0 aliphatic carbocycles. The molecular formula is C27H29ClFN3O5S. The quantitative estimate of drug-likeness (QED) is 0.378. The molecular weight excluding hydrogens is 533 g/mol. The number of carbonyl (C=O) groups is 2. The highest BCUT2D eigenvalue weighted by Gasteiger charge is 2.32. The molecule has 3 aromatic rings. The third kappa shape index (κ3) is 6.81. The fourth-order valence-electron chi connectivity index (χ4n) is 3.74. The van der Waals surface area contributed by atoms with Crippen LogP contribution in [0.5, 0.6) is 5.75 Å². The predicted octanol–water partition coefficient (Wildman–Crippen LogP) is 4.24. The molecule has 1 atom stereocenters. The molecule has 0 saturated carbocycles. The molecule has 202 valence electrons. The van der Waals surface area contributed by atoms with Crippen LogP contribution in [0.2, 0.25) is 5.02 Å². The van der Waals surface area contributed by atoms with Crippen molar-refractivity contribution in [3.8, 4) is 5.75 Å². The Morgan fingerprint density at radius 2 is 1.66 bits per heavy atom. The Morgan fingerprint density at radius 1 is 1.03 bits per heavy atom. The lowest BCUT2D eigenvalue weighted by molar-refractivity contribution is -0.139. The summed E-state index contributed by atoms with van der Waals surface area (Å²) >= 11 is 6.30. The maximum absolute atomic E-state index is 13.7. The summed E-state index contributed by atoms with van der Waals surface area (Å²) in [5.41, 5.74) is 0.667. The number of carbonyl (C=O) groups excluding carboxylic acids is 2. The number of likely N-dealkylation sites (N-methyl/N-ethyl adjacent to an activating group) is 1. The second-order valence-corrected chi connectivity index (χ2v) is 10.6. The van der Waals surface area contributed by atoms with Crippen molar-refractivity contribution in [3.05, 3.63) is 89.2 Å². The van der Waals surface area contributed by atoms with Gasteiger partial charge in [0.15, 0.2) is 0 Å². The third-order valence-corrected chi connectivity index (χ3v) is 7.99. The lowest BCUT2D eigenvalue weighted by atomic mass is 10.1. The first-order valence-electron chi connectivity index (χ1n) is 11.8. The molecule has 0 radical (unpaired) electrons. The van der Waals surface area contributed by atoms with Gasteiger partial charge in [-0.25, -0.2) is 12.8 Å². The number of nitrogens with one attached hydrogen (secondary N) is 1. The molecule has 38 heavy (non-hydrogen) atoms. The summed E-state index contributed by atoms with van der Waals surface area (Å²) in [4.78, 5) is 27.4. The van der Waals surface area contributed by atoms with Gasteiger partial charge in [-0.2, -0.15) is 0 Å². The van der Waals surface area contributed by atoms with Crippen molar-refractivity contribution in [1.82, 2.24) is 10.2 Å². The number of ether oxygens (including phenoxy) is 1. The van der Waals surface area contributed by atoms with Crippen LogP contribution in [0.3, 0.4) is 0 Å². The average Bonchev–Trinajstić information content (AvgIpc) is 2.91. The number of rotatable bonds is 11. The Balaban J connectivity index is 2.02. The van der Waals surface area contributed by atoms with Gasteiger partial charge in [-0.3, -0.25) is 13.9 Å². The molecule has 0 aliphatic rings. The zero-order valence-electron chi connectivity index (χ0n) is 21.2. The van der Waals surface area contributed by atoms with Crippen molar-refractivity contribution in [3.63, 3.8) is 0 Å². The number of hydrogen-bond acceptors (Lipinski definition) is 5. The van der Waals surface area contributed by atoms with Crippen molar-refractivity contribution in [1.29, 1.82) is 0 Å². The van der Waals surface area contributed by atoms with Crippen molar-refractivity contribution >= 4 is 39.1 Å². The average molecular weight is 562 g/mol. The molecule has 0 saturated heterocycles. The molecule has 0 bridgehead atoms. The number of hydrogen-bond donors (Lipinski definition) is 1. The van der Waals surface area contributed by atoms with Gasteiger partial charge in [0, 0.05) is 18.6 Å². The number of halogens is 2. The molecule has 2 amide bonds. The second kappa shape index (κ2) is 12.7. The number of sulfonamides is 1. The van der Waals surface area contributed by atoms with Crippen LogP contribution in [-0.2, 0) is 26.2 Å². The highest BCUT2D eigenvalue weighted by atomic mass is 35.5. The van der Waals surface area contributed by atoms with E-state index in [1.807, 2.05) is 0 Å². The predicted molar refractivity (Wildman–Crippen MR) is 144 cm³/mol. The molecule has 1 N–H and O–H groups in total. The van der Waals surface area contributed by atoms with Gasteiger partial charge in [-0.1, -0.05) is 29.8 Å². The van der Waals surface area contributed by atoms with Crippen LogP contribution in [0, 0.1) is 5.82 Å². The van der Waals surface area contributed by atoms with Gasteiger partial charge < -0.3 is 15.0 Å². The molecule has 0 spiro atoms. The first-order valence-corrected chi connectivity index (χ1v) is 13.7. The highest BCUT2D eigenvalue weighted by molar-refractivity contribution is 7.92. The summed E-state index contributed by atoms with van der Waals surface area (Å²) in [6, 6.07) is 16.4. The number of benzene rings is 3. The first-order chi connectivity index (χ1) is 18.1. The second-order valence-electron chi connectivity index (χ2n) is 8.30. The van der Waals surface area contributed by atoms with Crippen LogP contribution < -0.4 is 14.4 Å². The molecule has 0 fully saturated rings. The fraction of sp³-hybridized carbons (Fsp3) is 0.259. The van der Waals surface area contributed by atoms with E-state index >= 15 is 0 Å². The highest BCUT2D eigenvalue weighted by Crippen LogP contribution is 2.27. The van der Waals surface area contributed by atoms with E-state index in [1.54, 1.807) is 31.2 Å². The molecule has 3 rings (SSSR count). The van der Waals surface area contributed by atoms with Crippen LogP contribution in [0.1, 0.15) is 19.4 Å². The lowest BCUT2D eigenvalue weighted by Gasteiger charge is -2.32. The Hall–Kier alpha value is -3.63. The van der Waals surface area contributed by atoms with Gasteiger partial charge in [0.05, 0.1) is 17.2 Å². The van der Waals surface area contributed by atoms with Gasteiger partial charge in [-0.15, -0.1) is 0 Å². The summed E-state index contributed by atoms with van der Waals surface area (Å²) in [7, 11) is -2.84. The maximum Gasteiger partial charge on any atom is 0.264 e. The summed E-state index contributed by atoms with van der Waals surface area (Å²) in [5.74, 6) is -1.17. The SMILES string of the molecule is CCOc1ccc(S(=O)(=O)N(CC(=O)N(Cc2ccccc2Cl)C(C)C(=O)NC)c2ccc(F)cc2)cc1. The maximum atomic E-state index is 13.7. The van der Waals surface area contributed by atoms with Crippen LogP contribution in [-0.4, -0.2) is 51.4 Å². The third-order valence-electron chi connectivity index (χ3n) is 5.83. The Bertz CT molecular complexity index is 1370.